The Morgan fingerprint density at radius 2 is 1.72 bits per heavy atom. The SMILES string of the molecule is CS.Cc1ncc(-c2ccc3ncc(C#N)c(NC(C#N)c4ccccc4)c3c2)cc1N. The first-order valence-corrected chi connectivity index (χ1v) is 10.7. The van der Waals surface area contributed by atoms with Crippen LogP contribution in [0, 0.1) is 29.6 Å². The topological polar surface area (TPSA) is 111 Å². The molecule has 0 radical (unpaired) electrons. The number of fused-ring (bicyclic) bond motifs is 1. The fourth-order valence-corrected chi connectivity index (χ4v) is 3.30. The summed E-state index contributed by atoms with van der Waals surface area (Å²) in [6.45, 7) is 1.86. The number of nitriles is 2. The number of rotatable bonds is 4. The molecule has 1 atom stereocenters. The number of anilines is 2. The summed E-state index contributed by atoms with van der Waals surface area (Å²) >= 11 is 3.53. The second-order valence-electron chi connectivity index (χ2n) is 6.91. The highest BCUT2D eigenvalue weighted by molar-refractivity contribution is 7.79. The van der Waals surface area contributed by atoms with Gasteiger partial charge in [-0.2, -0.15) is 23.2 Å². The number of hydrogen-bond donors (Lipinski definition) is 3. The predicted molar refractivity (Wildman–Crippen MR) is 132 cm³/mol. The van der Waals surface area contributed by atoms with Gasteiger partial charge >= 0.3 is 0 Å². The number of aromatic nitrogens is 2. The number of nitrogens with two attached hydrogens (primary N) is 1. The minimum atomic E-state index is -0.607. The van der Waals surface area contributed by atoms with E-state index in [0.717, 1.165) is 33.3 Å². The van der Waals surface area contributed by atoms with Gasteiger partial charge in [0.2, 0.25) is 0 Å². The Bertz CT molecular complexity index is 1320. The summed E-state index contributed by atoms with van der Waals surface area (Å²) < 4.78 is 0. The zero-order valence-electron chi connectivity index (χ0n) is 17.7. The molecule has 0 saturated heterocycles. The summed E-state index contributed by atoms with van der Waals surface area (Å²) in [6.07, 6.45) is 4.98. The molecule has 3 N–H and O–H groups in total. The number of nitrogens with one attached hydrogen (secondary N) is 1. The van der Waals surface area contributed by atoms with E-state index >= 15 is 0 Å². The first-order chi connectivity index (χ1) is 15.6. The van der Waals surface area contributed by atoms with Crippen molar-refractivity contribution >= 4 is 34.9 Å². The van der Waals surface area contributed by atoms with Crippen LogP contribution in [0.2, 0.25) is 0 Å². The zero-order valence-corrected chi connectivity index (χ0v) is 18.6. The van der Waals surface area contributed by atoms with Crippen molar-refractivity contribution in [2.24, 2.45) is 0 Å². The summed E-state index contributed by atoms with van der Waals surface area (Å²) in [6, 6.07) is 20.9. The number of benzene rings is 2. The van der Waals surface area contributed by atoms with Gasteiger partial charge in [-0.15, -0.1) is 0 Å². The Hall–Kier alpha value is -4.07. The predicted octanol–water partition coefficient (Wildman–Crippen LogP) is 5.28. The average Bonchev–Trinajstić information content (AvgIpc) is 2.85. The van der Waals surface area contributed by atoms with E-state index in [1.807, 2.05) is 61.5 Å². The van der Waals surface area contributed by atoms with E-state index in [1.165, 1.54) is 6.20 Å². The highest BCUT2D eigenvalue weighted by Gasteiger charge is 2.16. The van der Waals surface area contributed by atoms with Crippen molar-refractivity contribution in [1.82, 2.24) is 9.97 Å². The molecule has 0 aliphatic heterocycles. The maximum Gasteiger partial charge on any atom is 0.140 e. The second-order valence-corrected chi connectivity index (χ2v) is 6.91. The lowest BCUT2D eigenvalue weighted by Gasteiger charge is -2.17. The normalized spacial score (nSPS) is 10.9. The smallest absolute Gasteiger partial charge is 0.140 e. The molecule has 32 heavy (non-hydrogen) atoms. The zero-order chi connectivity index (χ0) is 23.1. The van der Waals surface area contributed by atoms with Crippen molar-refractivity contribution in [3.05, 3.63) is 83.8 Å². The largest absolute Gasteiger partial charge is 0.397 e. The molecule has 0 spiro atoms. The summed E-state index contributed by atoms with van der Waals surface area (Å²) in [4.78, 5) is 8.74. The van der Waals surface area contributed by atoms with Crippen LogP contribution in [-0.4, -0.2) is 16.2 Å². The van der Waals surface area contributed by atoms with Crippen LogP contribution in [-0.2, 0) is 0 Å². The Kier molecular flexibility index (Phi) is 7.28. The third-order valence-electron chi connectivity index (χ3n) is 5.00. The molecule has 158 valence electrons. The molecule has 6 nitrogen and oxygen atoms in total. The molecule has 0 aliphatic carbocycles. The van der Waals surface area contributed by atoms with Crippen LogP contribution in [0.4, 0.5) is 11.4 Å². The molecule has 7 heteroatoms. The lowest BCUT2D eigenvalue weighted by atomic mass is 10.0. The van der Waals surface area contributed by atoms with Gasteiger partial charge in [0.25, 0.3) is 0 Å². The fourth-order valence-electron chi connectivity index (χ4n) is 3.30. The second kappa shape index (κ2) is 10.3. The van der Waals surface area contributed by atoms with Gasteiger partial charge in [0.1, 0.15) is 12.1 Å². The highest BCUT2D eigenvalue weighted by atomic mass is 32.1. The molecule has 1 unspecified atom stereocenters. The van der Waals surface area contributed by atoms with Crippen molar-refractivity contribution in [3.63, 3.8) is 0 Å². The molecule has 0 fully saturated rings. The third kappa shape index (κ3) is 4.64. The standard InChI is InChI=1S/C24H18N6.CH4S/c1-15-21(27)10-18(13-28-15)17-7-8-22-20(9-17)24(19(11-25)14-29-22)30-23(12-26)16-5-3-2-4-6-16;1-2/h2-10,13-14,23H,27H2,1H3,(H,29,30);2H,1H3. The van der Waals surface area contributed by atoms with Crippen molar-refractivity contribution in [3.8, 4) is 23.3 Å². The number of thiol groups is 1. The molecule has 2 aromatic carbocycles. The van der Waals surface area contributed by atoms with Crippen LogP contribution >= 0.6 is 12.6 Å². The Balaban J connectivity index is 0.00000141. The Labute approximate surface area is 192 Å². The minimum absolute atomic E-state index is 0.373. The van der Waals surface area contributed by atoms with Gasteiger partial charge in [0, 0.05) is 23.3 Å². The maximum absolute atomic E-state index is 9.73. The molecule has 4 aromatic rings. The Morgan fingerprint density at radius 3 is 2.38 bits per heavy atom. The number of pyridine rings is 2. The molecular weight excluding hydrogens is 416 g/mol. The molecule has 0 amide bonds. The molecule has 2 heterocycles. The number of aryl methyl sites for hydroxylation is 1. The van der Waals surface area contributed by atoms with Crippen molar-refractivity contribution in [1.29, 1.82) is 10.5 Å². The van der Waals surface area contributed by atoms with E-state index in [2.05, 4.69) is 40.1 Å². The van der Waals surface area contributed by atoms with Gasteiger partial charge in [-0.3, -0.25) is 9.97 Å². The quantitative estimate of drug-likeness (QED) is 0.374. The number of hydrogen-bond acceptors (Lipinski definition) is 7. The van der Waals surface area contributed by atoms with Gasteiger partial charge in [-0.05, 0) is 42.5 Å². The van der Waals surface area contributed by atoms with Crippen LogP contribution < -0.4 is 11.1 Å². The van der Waals surface area contributed by atoms with Crippen molar-refractivity contribution < 1.29 is 0 Å². The van der Waals surface area contributed by atoms with E-state index < -0.39 is 6.04 Å². The lowest BCUT2D eigenvalue weighted by Crippen LogP contribution is -2.10. The molecule has 0 aliphatic rings. The molecule has 0 bridgehead atoms. The monoisotopic (exact) mass is 438 g/mol. The molecule has 4 rings (SSSR count). The van der Waals surface area contributed by atoms with Gasteiger partial charge in [-0.1, -0.05) is 36.4 Å². The van der Waals surface area contributed by atoms with E-state index in [1.54, 1.807) is 12.5 Å². The van der Waals surface area contributed by atoms with Crippen LogP contribution in [0.1, 0.15) is 22.9 Å². The molecule has 2 aromatic heterocycles. The minimum Gasteiger partial charge on any atom is -0.397 e. The maximum atomic E-state index is 9.73. The summed E-state index contributed by atoms with van der Waals surface area (Å²) in [7, 11) is 0. The van der Waals surface area contributed by atoms with Crippen LogP contribution in [0.15, 0.2) is 67.0 Å². The number of nitrogens with zero attached hydrogens (tertiary/aromatic N) is 4. The Morgan fingerprint density at radius 1 is 0.969 bits per heavy atom. The van der Waals surface area contributed by atoms with Gasteiger partial charge < -0.3 is 11.1 Å². The first kappa shape index (κ1) is 22.6. The van der Waals surface area contributed by atoms with Crippen LogP contribution in [0.3, 0.4) is 0 Å². The van der Waals surface area contributed by atoms with Gasteiger partial charge in [0.15, 0.2) is 0 Å². The van der Waals surface area contributed by atoms with Crippen LogP contribution in [0.25, 0.3) is 22.0 Å². The molecule has 0 saturated carbocycles. The summed E-state index contributed by atoms with van der Waals surface area (Å²) in [5.41, 5.74) is 11.7. The van der Waals surface area contributed by atoms with Crippen molar-refractivity contribution in [2.75, 3.05) is 17.3 Å². The number of nitrogen functional groups attached to an aromatic ring is 1. The van der Waals surface area contributed by atoms with E-state index in [-0.39, 0.29) is 0 Å². The average molecular weight is 439 g/mol. The summed E-state index contributed by atoms with van der Waals surface area (Å²) in [5, 5.41) is 23.4. The van der Waals surface area contributed by atoms with E-state index in [0.29, 0.717) is 16.9 Å². The third-order valence-corrected chi connectivity index (χ3v) is 5.00. The van der Waals surface area contributed by atoms with E-state index in [4.69, 9.17) is 5.73 Å². The lowest BCUT2D eigenvalue weighted by molar-refractivity contribution is 0.998. The summed E-state index contributed by atoms with van der Waals surface area (Å²) in [5.74, 6) is 0. The van der Waals surface area contributed by atoms with Crippen molar-refractivity contribution in [2.45, 2.75) is 13.0 Å². The van der Waals surface area contributed by atoms with Gasteiger partial charge in [-0.25, -0.2) is 0 Å². The van der Waals surface area contributed by atoms with Gasteiger partial charge in [0.05, 0.1) is 34.2 Å². The highest BCUT2D eigenvalue weighted by Crippen LogP contribution is 2.33. The fraction of sp³-hybridized carbons (Fsp3) is 0.120. The first-order valence-electron chi connectivity index (χ1n) is 9.82. The van der Waals surface area contributed by atoms with Crippen LogP contribution in [0.5, 0.6) is 0 Å². The van der Waals surface area contributed by atoms with E-state index in [9.17, 15) is 10.5 Å². The molecular formula is C25H22N6S.